The van der Waals surface area contributed by atoms with Crippen LogP contribution in [-0.4, -0.2) is 69.1 Å². The third kappa shape index (κ3) is 3.96. The molecule has 3 heterocycles. The van der Waals surface area contributed by atoms with E-state index in [9.17, 15) is 8.42 Å². The quantitative estimate of drug-likeness (QED) is 0.718. The van der Waals surface area contributed by atoms with E-state index >= 15 is 0 Å². The number of ether oxygens (including phenoxy) is 1. The zero-order valence-electron chi connectivity index (χ0n) is 17.8. The second kappa shape index (κ2) is 8.39. The molecule has 0 saturated carbocycles. The highest BCUT2D eigenvalue weighted by Crippen LogP contribution is 2.29. The number of methoxy groups -OCH3 is 1. The van der Waals surface area contributed by atoms with E-state index in [0.29, 0.717) is 42.4 Å². The summed E-state index contributed by atoms with van der Waals surface area (Å²) in [6, 6.07) is 5.41. The van der Waals surface area contributed by atoms with Crippen molar-refractivity contribution in [2.45, 2.75) is 31.6 Å². The molecule has 0 unspecified atom stereocenters. The second-order valence-corrected chi connectivity index (χ2v) is 9.79. The lowest BCUT2D eigenvalue weighted by Gasteiger charge is -2.35. The molecule has 0 aliphatic carbocycles. The van der Waals surface area contributed by atoms with Crippen molar-refractivity contribution in [2.24, 2.45) is 0 Å². The molecule has 0 amide bonds. The molecule has 2 fully saturated rings. The van der Waals surface area contributed by atoms with Crippen LogP contribution in [0.4, 0.5) is 11.8 Å². The van der Waals surface area contributed by atoms with Crippen molar-refractivity contribution in [1.29, 1.82) is 0 Å². The molecule has 30 heavy (non-hydrogen) atoms. The molecule has 0 radical (unpaired) electrons. The van der Waals surface area contributed by atoms with Crippen LogP contribution in [0.25, 0.3) is 0 Å². The summed E-state index contributed by atoms with van der Waals surface area (Å²) in [6.45, 7) is 7.72. The largest absolute Gasteiger partial charge is 0.496 e. The number of piperazine rings is 1. The number of hydrogen-bond acceptors (Lipinski definition) is 7. The maximum Gasteiger partial charge on any atom is 0.243 e. The highest BCUT2D eigenvalue weighted by Gasteiger charge is 2.31. The third-order valence-electron chi connectivity index (χ3n) is 5.89. The highest BCUT2D eigenvalue weighted by atomic mass is 32.2. The van der Waals surface area contributed by atoms with Crippen molar-refractivity contribution < 1.29 is 13.2 Å². The van der Waals surface area contributed by atoms with Crippen molar-refractivity contribution >= 4 is 21.8 Å². The van der Waals surface area contributed by atoms with E-state index in [4.69, 9.17) is 9.72 Å². The number of sulfonamides is 1. The van der Waals surface area contributed by atoms with Gasteiger partial charge in [-0.3, -0.25) is 0 Å². The Kier molecular flexibility index (Phi) is 5.84. The Labute approximate surface area is 178 Å². The molecule has 2 aliphatic heterocycles. The fraction of sp³-hybridized carbons (Fsp3) is 0.524. The normalized spacial score (nSPS) is 18.1. The Morgan fingerprint density at radius 3 is 2.30 bits per heavy atom. The van der Waals surface area contributed by atoms with Crippen molar-refractivity contribution in [3.05, 3.63) is 35.5 Å². The standard InChI is InChI=1S/C21H29N5O3S/c1-16-15-19(17(2)14-18(16)29-3)30(27,28)26-12-10-24(11-13-26)20-6-7-22-21(23-20)25-8-4-5-9-25/h6-7,14-15H,4-5,8-13H2,1-3H3. The number of hydrogen-bond donors (Lipinski definition) is 0. The summed E-state index contributed by atoms with van der Waals surface area (Å²) in [4.78, 5) is 13.8. The van der Waals surface area contributed by atoms with Crippen LogP contribution in [0.3, 0.4) is 0 Å². The molecule has 0 bridgehead atoms. The lowest BCUT2D eigenvalue weighted by Crippen LogP contribution is -2.49. The molecule has 0 N–H and O–H groups in total. The molecule has 0 spiro atoms. The number of benzene rings is 1. The minimum atomic E-state index is -3.56. The van der Waals surface area contributed by atoms with Gasteiger partial charge in [0.2, 0.25) is 16.0 Å². The van der Waals surface area contributed by atoms with Crippen LogP contribution >= 0.6 is 0 Å². The van der Waals surface area contributed by atoms with Crippen molar-refractivity contribution in [3.63, 3.8) is 0 Å². The fourth-order valence-corrected chi connectivity index (χ4v) is 5.86. The SMILES string of the molecule is COc1cc(C)c(S(=O)(=O)N2CCN(c3ccnc(N4CCCC4)n3)CC2)cc1C. The van der Waals surface area contributed by atoms with Gasteiger partial charge >= 0.3 is 0 Å². The molecule has 162 valence electrons. The maximum atomic E-state index is 13.3. The lowest BCUT2D eigenvalue weighted by molar-refractivity contribution is 0.383. The topological polar surface area (TPSA) is 78.9 Å². The highest BCUT2D eigenvalue weighted by molar-refractivity contribution is 7.89. The van der Waals surface area contributed by atoms with Gasteiger partial charge in [0, 0.05) is 45.5 Å². The number of aryl methyl sites for hydroxylation is 2. The van der Waals surface area contributed by atoms with Crippen molar-refractivity contribution in [2.75, 3.05) is 56.2 Å². The first-order valence-corrected chi connectivity index (χ1v) is 11.8. The van der Waals surface area contributed by atoms with Crippen LogP contribution in [-0.2, 0) is 10.0 Å². The average Bonchev–Trinajstić information content (AvgIpc) is 3.30. The number of aromatic nitrogens is 2. The van der Waals surface area contributed by atoms with Gasteiger partial charge < -0.3 is 14.5 Å². The summed E-state index contributed by atoms with van der Waals surface area (Å²) in [7, 11) is -1.96. The lowest BCUT2D eigenvalue weighted by atomic mass is 10.1. The molecule has 8 nitrogen and oxygen atoms in total. The van der Waals surface area contributed by atoms with Gasteiger partial charge in [-0.15, -0.1) is 0 Å². The molecule has 1 aromatic carbocycles. The summed E-state index contributed by atoms with van der Waals surface area (Å²) in [5.74, 6) is 2.33. The van der Waals surface area contributed by atoms with Gasteiger partial charge in [-0.2, -0.15) is 9.29 Å². The second-order valence-electron chi connectivity index (χ2n) is 7.89. The van der Waals surface area contributed by atoms with Crippen LogP contribution in [0.15, 0.2) is 29.3 Å². The first-order valence-electron chi connectivity index (χ1n) is 10.4. The summed E-state index contributed by atoms with van der Waals surface area (Å²) in [6.07, 6.45) is 4.14. The van der Waals surface area contributed by atoms with E-state index in [1.807, 2.05) is 19.9 Å². The first-order chi connectivity index (χ1) is 14.4. The van der Waals surface area contributed by atoms with Gasteiger partial charge in [-0.25, -0.2) is 13.4 Å². The predicted molar refractivity (Wildman–Crippen MR) is 117 cm³/mol. The van der Waals surface area contributed by atoms with Gasteiger partial charge in [0.1, 0.15) is 11.6 Å². The maximum absolute atomic E-state index is 13.3. The molecule has 2 saturated heterocycles. The molecule has 9 heteroatoms. The van der Waals surface area contributed by atoms with Crippen LogP contribution in [0.2, 0.25) is 0 Å². The van der Waals surface area contributed by atoms with E-state index in [1.165, 1.54) is 12.8 Å². The summed E-state index contributed by atoms with van der Waals surface area (Å²) in [5.41, 5.74) is 1.52. The van der Waals surface area contributed by atoms with Gasteiger partial charge in [0.05, 0.1) is 12.0 Å². The minimum absolute atomic E-state index is 0.354. The molecule has 1 aromatic heterocycles. The Morgan fingerprint density at radius 2 is 1.63 bits per heavy atom. The monoisotopic (exact) mass is 431 g/mol. The molecule has 2 aromatic rings. The summed E-state index contributed by atoms with van der Waals surface area (Å²) >= 11 is 0. The summed E-state index contributed by atoms with van der Waals surface area (Å²) < 4.78 is 33.4. The van der Waals surface area contributed by atoms with Crippen LogP contribution in [0.1, 0.15) is 24.0 Å². The molecular formula is C21H29N5O3S. The van der Waals surface area contributed by atoms with E-state index < -0.39 is 10.0 Å². The van der Waals surface area contributed by atoms with Gasteiger partial charge in [0.25, 0.3) is 0 Å². The first kappa shape index (κ1) is 20.9. The number of rotatable bonds is 5. The Bertz CT molecular complexity index is 1010. The molecule has 0 atom stereocenters. The van der Waals surface area contributed by atoms with Crippen molar-refractivity contribution in [1.82, 2.24) is 14.3 Å². The molecule has 4 rings (SSSR count). The minimum Gasteiger partial charge on any atom is -0.496 e. The van der Waals surface area contributed by atoms with Gasteiger partial charge in [-0.05, 0) is 56.0 Å². The Balaban J connectivity index is 1.48. The average molecular weight is 432 g/mol. The molecule has 2 aliphatic rings. The summed E-state index contributed by atoms with van der Waals surface area (Å²) in [5, 5.41) is 0. The number of nitrogens with zero attached hydrogens (tertiary/aromatic N) is 5. The third-order valence-corrected chi connectivity index (χ3v) is 7.93. The fourth-order valence-electron chi connectivity index (χ4n) is 4.14. The van der Waals surface area contributed by atoms with Crippen molar-refractivity contribution in [3.8, 4) is 5.75 Å². The Hall–Kier alpha value is -2.39. The van der Waals surface area contributed by atoms with Crippen LogP contribution in [0, 0.1) is 13.8 Å². The van der Waals surface area contributed by atoms with Gasteiger partial charge in [0.15, 0.2) is 0 Å². The Morgan fingerprint density at radius 1 is 0.933 bits per heavy atom. The van der Waals surface area contributed by atoms with Gasteiger partial charge in [-0.1, -0.05) is 0 Å². The van der Waals surface area contributed by atoms with Crippen LogP contribution < -0.4 is 14.5 Å². The van der Waals surface area contributed by atoms with E-state index in [1.54, 1.807) is 29.7 Å². The van der Waals surface area contributed by atoms with E-state index in [-0.39, 0.29) is 0 Å². The smallest absolute Gasteiger partial charge is 0.243 e. The zero-order chi connectivity index (χ0) is 21.3. The van der Waals surface area contributed by atoms with E-state index in [0.717, 1.165) is 30.4 Å². The number of anilines is 2. The van der Waals surface area contributed by atoms with Crippen LogP contribution in [0.5, 0.6) is 5.75 Å². The predicted octanol–water partition coefficient (Wildman–Crippen LogP) is 2.21. The zero-order valence-corrected chi connectivity index (χ0v) is 18.7. The molecular weight excluding hydrogens is 402 g/mol. The van der Waals surface area contributed by atoms with E-state index in [2.05, 4.69) is 14.8 Å².